The van der Waals surface area contributed by atoms with Crippen molar-refractivity contribution in [3.05, 3.63) is 29.8 Å². The zero-order valence-corrected chi connectivity index (χ0v) is 12.8. The van der Waals surface area contributed by atoms with Crippen LogP contribution in [0.1, 0.15) is 18.9 Å². The molecular formula is C14H22N2O3S. The second kappa shape index (κ2) is 6.11. The highest BCUT2D eigenvalue weighted by atomic mass is 32.2. The van der Waals surface area contributed by atoms with Crippen LogP contribution >= 0.6 is 0 Å². The maximum absolute atomic E-state index is 11.4. The van der Waals surface area contributed by atoms with Crippen LogP contribution in [0.2, 0.25) is 0 Å². The largest absolute Gasteiger partial charge is 0.497 e. The minimum Gasteiger partial charge on any atom is -0.497 e. The number of rotatable bonds is 6. The van der Waals surface area contributed by atoms with E-state index in [2.05, 4.69) is 11.8 Å². The van der Waals surface area contributed by atoms with Crippen molar-refractivity contribution < 1.29 is 13.2 Å². The molecule has 1 aliphatic rings. The van der Waals surface area contributed by atoms with Crippen molar-refractivity contribution in [3.8, 4) is 5.75 Å². The van der Waals surface area contributed by atoms with E-state index in [-0.39, 0.29) is 11.8 Å². The van der Waals surface area contributed by atoms with Gasteiger partial charge in [-0.15, -0.1) is 0 Å². The third kappa shape index (κ3) is 3.94. The Labute approximate surface area is 120 Å². The molecule has 2 rings (SSSR count). The van der Waals surface area contributed by atoms with Crippen molar-refractivity contribution in [2.24, 2.45) is 5.14 Å². The molecule has 1 saturated heterocycles. The van der Waals surface area contributed by atoms with Gasteiger partial charge in [-0.05, 0) is 37.5 Å². The Morgan fingerprint density at radius 1 is 1.40 bits per heavy atom. The molecule has 6 heteroatoms. The van der Waals surface area contributed by atoms with Gasteiger partial charge in [0.15, 0.2) is 0 Å². The average molecular weight is 298 g/mol. The van der Waals surface area contributed by atoms with E-state index in [1.165, 1.54) is 0 Å². The smallest absolute Gasteiger partial charge is 0.210 e. The number of sulfonamides is 1. The van der Waals surface area contributed by atoms with Crippen LogP contribution in [0.15, 0.2) is 24.3 Å². The molecule has 5 nitrogen and oxygen atoms in total. The molecule has 1 aliphatic heterocycles. The predicted molar refractivity (Wildman–Crippen MR) is 79.2 cm³/mol. The first-order chi connectivity index (χ1) is 9.39. The van der Waals surface area contributed by atoms with Gasteiger partial charge < -0.3 is 4.74 Å². The minimum absolute atomic E-state index is 0.00334. The van der Waals surface area contributed by atoms with E-state index in [1.807, 2.05) is 24.3 Å². The van der Waals surface area contributed by atoms with Crippen LogP contribution in [0.3, 0.4) is 0 Å². The van der Waals surface area contributed by atoms with Crippen LogP contribution in [0.25, 0.3) is 0 Å². The van der Waals surface area contributed by atoms with Gasteiger partial charge in [-0.25, -0.2) is 13.6 Å². The fourth-order valence-electron chi connectivity index (χ4n) is 2.65. The lowest BCUT2D eigenvalue weighted by atomic mass is 9.98. The van der Waals surface area contributed by atoms with Crippen molar-refractivity contribution in [2.75, 3.05) is 19.4 Å². The molecule has 0 bridgehead atoms. The predicted octanol–water partition coefficient (Wildman–Crippen LogP) is 0.989. The van der Waals surface area contributed by atoms with Crippen LogP contribution in [-0.2, 0) is 16.4 Å². The lowest BCUT2D eigenvalue weighted by Crippen LogP contribution is -2.55. The maximum Gasteiger partial charge on any atom is 0.210 e. The number of primary sulfonamides is 1. The van der Waals surface area contributed by atoms with Gasteiger partial charge in [-0.3, -0.25) is 4.90 Å². The molecule has 1 aromatic rings. The summed E-state index contributed by atoms with van der Waals surface area (Å²) < 4.78 is 28.0. The fourth-order valence-corrected chi connectivity index (χ4v) is 3.50. The molecule has 1 heterocycles. The summed E-state index contributed by atoms with van der Waals surface area (Å²) in [5, 5.41) is 5.22. The first-order valence-corrected chi connectivity index (χ1v) is 8.50. The Kier molecular flexibility index (Phi) is 4.67. The van der Waals surface area contributed by atoms with Gasteiger partial charge in [0, 0.05) is 18.6 Å². The van der Waals surface area contributed by atoms with Crippen molar-refractivity contribution in [2.45, 2.75) is 31.8 Å². The van der Waals surface area contributed by atoms with E-state index < -0.39 is 10.0 Å². The number of nitrogens with two attached hydrogens (primary N) is 1. The number of likely N-dealkylation sites (tertiary alicyclic amines) is 1. The molecule has 20 heavy (non-hydrogen) atoms. The first-order valence-electron chi connectivity index (χ1n) is 6.78. The normalized spacial score (nSPS) is 21.2. The van der Waals surface area contributed by atoms with Crippen molar-refractivity contribution in [1.82, 2.24) is 4.90 Å². The number of benzene rings is 1. The molecule has 0 saturated carbocycles. The van der Waals surface area contributed by atoms with Gasteiger partial charge >= 0.3 is 0 Å². The van der Waals surface area contributed by atoms with E-state index in [4.69, 9.17) is 9.88 Å². The third-order valence-corrected chi connectivity index (χ3v) is 4.74. The summed E-state index contributed by atoms with van der Waals surface area (Å²) in [6, 6.07) is 8.10. The molecule has 0 spiro atoms. The molecular weight excluding hydrogens is 276 g/mol. The molecule has 2 atom stereocenters. The number of nitrogens with zero attached hydrogens (tertiary/aromatic N) is 1. The standard InChI is InChI=1S/C14H22N2O3S/c1-11-7-8-16(11)13(10-20(15,17)18)9-12-3-5-14(19-2)6-4-12/h3-6,11,13H,7-10H2,1-2H3,(H2,15,17,18). The summed E-state index contributed by atoms with van der Waals surface area (Å²) >= 11 is 0. The summed E-state index contributed by atoms with van der Waals surface area (Å²) in [5.74, 6) is 0.803. The molecule has 0 aliphatic carbocycles. The van der Waals surface area contributed by atoms with Gasteiger partial charge in [0.05, 0.1) is 12.9 Å². The lowest BCUT2D eigenvalue weighted by molar-refractivity contribution is 0.0624. The Morgan fingerprint density at radius 3 is 2.45 bits per heavy atom. The third-order valence-electron chi connectivity index (χ3n) is 3.90. The highest BCUT2D eigenvalue weighted by molar-refractivity contribution is 7.89. The molecule has 2 unspecified atom stereocenters. The number of ether oxygens (including phenoxy) is 1. The number of hydrogen-bond acceptors (Lipinski definition) is 4. The number of hydrogen-bond donors (Lipinski definition) is 1. The summed E-state index contributed by atoms with van der Waals surface area (Å²) in [7, 11) is -1.84. The van der Waals surface area contributed by atoms with Gasteiger partial charge in [-0.1, -0.05) is 12.1 Å². The van der Waals surface area contributed by atoms with E-state index in [9.17, 15) is 8.42 Å². The lowest BCUT2D eigenvalue weighted by Gasteiger charge is -2.44. The zero-order valence-electron chi connectivity index (χ0n) is 12.0. The second-order valence-corrected chi connectivity index (χ2v) is 7.07. The van der Waals surface area contributed by atoms with E-state index in [1.54, 1.807) is 7.11 Å². The van der Waals surface area contributed by atoms with Crippen molar-refractivity contribution in [3.63, 3.8) is 0 Å². The van der Waals surface area contributed by atoms with Gasteiger partial charge in [0.1, 0.15) is 5.75 Å². The highest BCUT2D eigenvalue weighted by Gasteiger charge is 2.32. The topological polar surface area (TPSA) is 72.6 Å². The maximum atomic E-state index is 11.4. The molecule has 0 amide bonds. The van der Waals surface area contributed by atoms with Crippen LogP contribution in [-0.4, -0.2) is 44.8 Å². The zero-order chi connectivity index (χ0) is 14.8. The van der Waals surface area contributed by atoms with Crippen LogP contribution in [0, 0.1) is 0 Å². The van der Waals surface area contributed by atoms with Crippen molar-refractivity contribution >= 4 is 10.0 Å². The summed E-state index contributed by atoms with van der Waals surface area (Å²) in [6.07, 6.45) is 1.80. The Balaban J connectivity index is 2.09. The van der Waals surface area contributed by atoms with Crippen LogP contribution in [0.5, 0.6) is 5.75 Å². The summed E-state index contributed by atoms with van der Waals surface area (Å²) in [5.41, 5.74) is 1.10. The molecule has 0 aromatic heterocycles. The Hall–Kier alpha value is -1.11. The summed E-state index contributed by atoms with van der Waals surface area (Å²) in [4.78, 5) is 2.22. The Morgan fingerprint density at radius 2 is 2.05 bits per heavy atom. The minimum atomic E-state index is -3.47. The molecule has 0 radical (unpaired) electrons. The molecule has 1 aromatic carbocycles. The molecule has 1 fully saturated rings. The van der Waals surface area contributed by atoms with Gasteiger partial charge in [0.25, 0.3) is 0 Å². The van der Waals surface area contributed by atoms with E-state index >= 15 is 0 Å². The number of methoxy groups -OCH3 is 1. The SMILES string of the molecule is COc1ccc(CC(CS(N)(=O)=O)N2CCC2C)cc1. The molecule has 2 N–H and O–H groups in total. The van der Waals surface area contributed by atoms with Gasteiger partial charge in [-0.2, -0.15) is 0 Å². The second-order valence-electron chi connectivity index (χ2n) is 5.41. The van der Waals surface area contributed by atoms with Crippen LogP contribution in [0.4, 0.5) is 0 Å². The first kappa shape index (κ1) is 15.3. The van der Waals surface area contributed by atoms with Gasteiger partial charge in [0.2, 0.25) is 10.0 Å². The van der Waals surface area contributed by atoms with E-state index in [0.717, 1.165) is 24.3 Å². The van der Waals surface area contributed by atoms with Crippen LogP contribution < -0.4 is 9.88 Å². The average Bonchev–Trinajstić information content (AvgIpc) is 2.36. The highest BCUT2D eigenvalue weighted by Crippen LogP contribution is 2.23. The quantitative estimate of drug-likeness (QED) is 0.850. The monoisotopic (exact) mass is 298 g/mol. The van der Waals surface area contributed by atoms with Crippen molar-refractivity contribution in [1.29, 1.82) is 0 Å². The molecule has 112 valence electrons. The summed E-state index contributed by atoms with van der Waals surface area (Å²) in [6.45, 7) is 3.06. The fraction of sp³-hybridized carbons (Fsp3) is 0.571. The van der Waals surface area contributed by atoms with E-state index in [0.29, 0.717) is 12.5 Å². The Bertz CT molecular complexity index is 542.